The third kappa shape index (κ3) is 2.36. The highest BCUT2D eigenvalue weighted by Crippen LogP contribution is 2.38. The maximum absolute atomic E-state index is 12.0. The van der Waals surface area contributed by atoms with Gasteiger partial charge in [-0.15, -0.1) is 0 Å². The molecule has 1 amide bonds. The summed E-state index contributed by atoms with van der Waals surface area (Å²) in [6.45, 7) is 2.63. The van der Waals surface area contributed by atoms with Crippen molar-refractivity contribution in [3.8, 4) is 5.75 Å². The molecule has 2 aromatic rings. The molecule has 0 radical (unpaired) electrons. The molecule has 1 N–H and O–H groups in total. The zero-order valence-electron chi connectivity index (χ0n) is 11.8. The number of carbonyl (C=O) groups is 1. The Balaban J connectivity index is 1.86. The van der Waals surface area contributed by atoms with Crippen molar-refractivity contribution in [1.82, 2.24) is 5.32 Å². The number of carbonyl (C=O) groups excluding carboxylic acids is 1. The van der Waals surface area contributed by atoms with Crippen molar-refractivity contribution in [3.63, 3.8) is 0 Å². The molecule has 20 heavy (non-hydrogen) atoms. The standard InChI is InChI=1S/C17H19NO2/c1-11-9-14(11)17(19)18-10-15-13-6-4-3-5-12(13)7-8-16(15)20-2/h3-8,11,14H,9-10H2,1-2H3,(H,18,19)/t11-,14+/m1/s1. The van der Waals surface area contributed by atoms with Crippen LogP contribution >= 0.6 is 0 Å². The zero-order valence-corrected chi connectivity index (χ0v) is 11.8. The molecule has 3 heteroatoms. The van der Waals surface area contributed by atoms with Crippen molar-refractivity contribution < 1.29 is 9.53 Å². The van der Waals surface area contributed by atoms with E-state index < -0.39 is 0 Å². The maximum atomic E-state index is 12.0. The van der Waals surface area contributed by atoms with Gasteiger partial charge in [-0.3, -0.25) is 4.79 Å². The molecule has 0 aliphatic heterocycles. The van der Waals surface area contributed by atoms with Crippen LogP contribution in [0.3, 0.4) is 0 Å². The lowest BCUT2D eigenvalue weighted by Gasteiger charge is -2.13. The second-order valence-electron chi connectivity index (χ2n) is 5.50. The van der Waals surface area contributed by atoms with Crippen molar-refractivity contribution in [2.45, 2.75) is 19.9 Å². The topological polar surface area (TPSA) is 38.3 Å². The van der Waals surface area contributed by atoms with E-state index in [0.717, 1.165) is 28.5 Å². The number of nitrogens with one attached hydrogen (secondary N) is 1. The van der Waals surface area contributed by atoms with Crippen LogP contribution in [0.25, 0.3) is 10.8 Å². The first-order valence-corrected chi connectivity index (χ1v) is 7.03. The molecule has 0 spiro atoms. The molecule has 1 fully saturated rings. The number of ether oxygens (including phenoxy) is 1. The summed E-state index contributed by atoms with van der Waals surface area (Å²) in [4.78, 5) is 12.0. The predicted molar refractivity (Wildman–Crippen MR) is 79.6 cm³/mol. The van der Waals surface area contributed by atoms with Gasteiger partial charge in [0, 0.05) is 18.0 Å². The fourth-order valence-electron chi connectivity index (χ4n) is 2.68. The minimum absolute atomic E-state index is 0.160. The number of hydrogen-bond donors (Lipinski definition) is 1. The normalized spacial score (nSPS) is 20.7. The van der Waals surface area contributed by atoms with E-state index >= 15 is 0 Å². The molecule has 0 saturated heterocycles. The summed E-state index contributed by atoms with van der Waals surface area (Å²) in [5, 5.41) is 5.34. The quantitative estimate of drug-likeness (QED) is 0.926. The number of rotatable bonds is 4. The van der Waals surface area contributed by atoms with E-state index in [1.165, 1.54) is 0 Å². The summed E-state index contributed by atoms with van der Waals surface area (Å²) in [6.07, 6.45) is 1.01. The van der Waals surface area contributed by atoms with Gasteiger partial charge in [0.2, 0.25) is 5.91 Å². The van der Waals surface area contributed by atoms with Crippen molar-refractivity contribution in [3.05, 3.63) is 42.0 Å². The van der Waals surface area contributed by atoms with Gasteiger partial charge in [-0.2, -0.15) is 0 Å². The molecule has 0 heterocycles. The Labute approximate surface area is 118 Å². The van der Waals surface area contributed by atoms with Gasteiger partial charge >= 0.3 is 0 Å². The van der Waals surface area contributed by atoms with E-state index in [1.807, 2.05) is 24.3 Å². The smallest absolute Gasteiger partial charge is 0.223 e. The summed E-state index contributed by atoms with van der Waals surface area (Å²) in [7, 11) is 1.67. The minimum Gasteiger partial charge on any atom is -0.496 e. The molecular weight excluding hydrogens is 250 g/mol. The highest BCUT2D eigenvalue weighted by Gasteiger charge is 2.38. The van der Waals surface area contributed by atoms with Crippen LogP contribution in [0, 0.1) is 11.8 Å². The van der Waals surface area contributed by atoms with Crippen molar-refractivity contribution in [2.24, 2.45) is 11.8 Å². The molecule has 1 saturated carbocycles. The van der Waals surface area contributed by atoms with Gasteiger partial charge in [-0.25, -0.2) is 0 Å². The van der Waals surface area contributed by atoms with Gasteiger partial charge in [-0.05, 0) is 29.2 Å². The first-order valence-electron chi connectivity index (χ1n) is 7.03. The first kappa shape index (κ1) is 13.0. The summed E-state index contributed by atoms with van der Waals surface area (Å²) in [6, 6.07) is 12.2. The van der Waals surface area contributed by atoms with Crippen molar-refractivity contribution >= 4 is 16.7 Å². The van der Waals surface area contributed by atoms with E-state index in [2.05, 4.69) is 24.4 Å². The Kier molecular flexibility index (Phi) is 3.35. The lowest BCUT2D eigenvalue weighted by Crippen LogP contribution is -2.25. The molecule has 1 aliphatic rings. The van der Waals surface area contributed by atoms with E-state index in [4.69, 9.17) is 4.74 Å². The average Bonchev–Trinajstić information content (AvgIpc) is 3.21. The molecular formula is C17H19NO2. The van der Waals surface area contributed by atoms with Gasteiger partial charge < -0.3 is 10.1 Å². The Morgan fingerprint density at radius 3 is 2.75 bits per heavy atom. The fraction of sp³-hybridized carbons (Fsp3) is 0.353. The van der Waals surface area contributed by atoms with E-state index in [1.54, 1.807) is 7.11 Å². The third-order valence-corrected chi connectivity index (χ3v) is 4.10. The molecule has 2 atom stereocenters. The van der Waals surface area contributed by atoms with E-state index in [0.29, 0.717) is 12.5 Å². The monoisotopic (exact) mass is 269 g/mol. The number of methoxy groups -OCH3 is 1. The predicted octanol–water partition coefficient (Wildman–Crippen LogP) is 3.12. The van der Waals surface area contributed by atoms with Crippen LogP contribution < -0.4 is 10.1 Å². The maximum Gasteiger partial charge on any atom is 0.223 e. The first-order chi connectivity index (χ1) is 9.70. The third-order valence-electron chi connectivity index (χ3n) is 4.10. The molecule has 1 aliphatic carbocycles. The molecule has 0 bridgehead atoms. The molecule has 2 aromatic carbocycles. The Morgan fingerprint density at radius 1 is 1.30 bits per heavy atom. The summed E-state index contributed by atoms with van der Waals surface area (Å²) in [5.74, 6) is 1.72. The highest BCUT2D eigenvalue weighted by atomic mass is 16.5. The zero-order chi connectivity index (χ0) is 14.1. The van der Waals surface area contributed by atoms with E-state index in [9.17, 15) is 4.79 Å². The molecule has 3 rings (SSSR count). The Bertz CT molecular complexity index is 650. The molecule has 0 aromatic heterocycles. The lowest BCUT2D eigenvalue weighted by molar-refractivity contribution is -0.122. The Morgan fingerprint density at radius 2 is 2.05 bits per heavy atom. The minimum atomic E-state index is 0.160. The van der Waals surface area contributed by atoms with Crippen LogP contribution in [0.15, 0.2) is 36.4 Å². The van der Waals surface area contributed by atoms with Crippen LogP contribution in [-0.2, 0) is 11.3 Å². The highest BCUT2D eigenvalue weighted by molar-refractivity contribution is 5.88. The number of hydrogen-bond acceptors (Lipinski definition) is 2. The average molecular weight is 269 g/mol. The van der Waals surface area contributed by atoms with Crippen LogP contribution in [-0.4, -0.2) is 13.0 Å². The summed E-state index contributed by atoms with van der Waals surface area (Å²) in [5.41, 5.74) is 1.05. The second-order valence-corrected chi connectivity index (χ2v) is 5.50. The van der Waals surface area contributed by atoms with Gasteiger partial charge in [0.15, 0.2) is 0 Å². The molecule has 104 valence electrons. The van der Waals surface area contributed by atoms with Gasteiger partial charge in [0.1, 0.15) is 5.75 Å². The van der Waals surface area contributed by atoms with Crippen LogP contribution in [0.1, 0.15) is 18.9 Å². The van der Waals surface area contributed by atoms with Crippen LogP contribution in [0.5, 0.6) is 5.75 Å². The van der Waals surface area contributed by atoms with E-state index in [-0.39, 0.29) is 11.8 Å². The fourth-order valence-corrected chi connectivity index (χ4v) is 2.68. The van der Waals surface area contributed by atoms with Crippen LogP contribution in [0.2, 0.25) is 0 Å². The summed E-state index contributed by atoms with van der Waals surface area (Å²) >= 11 is 0. The number of fused-ring (bicyclic) bond motifs is 1. The lowest BCUT2D eigenvalue weighted by atomic mass is 10.0. The van der Waals surface area contributed by atoms with Gasteiger partial charge in [0.05, 0.1) is 7.11 Å². The SMILES string of the molecule is COc1ccc2ccccc2c1CNC(=O)[C@H]1C[C@H]1C. The van der Waals surface area contributed by atoms with Crippen LogP contribution in [0.4, 0.5) is 0 Å². The summed E-state index contributed by atoms with van der Waals surface area (Å²) < 4.78 is 5.43. The largest absolute Gasteiger partial charge is 0.496 e. The Hall–Kier alpha value is -2.03. The van der Waals surface area contributed by atoms with Gasteiger partial charge in [0.25, 0.3) is 0 Å². The molecule has 3 nitrogen and oxygen atoms in total. The number of amides is 1. The number of benzene rings is 2. The van der Waals surface area contributed by atoms with Gasteiger partial charge in [-0.1, -0.05) is 37.3 Å². The second kappa shape index (κ2) is 5.16. The molecule has 0 unspecified atom stereocenters. The van der Waals surface area contributed by atoms with Crippen molar-refractivity contribution in [2.75, 3.05) is 7.11 Å². The van der Waals surface area contributed by atoms with Crippen molar-refractivity contribution in [1.29, 1.82) is 0 Å².